The molecule has 0 bridgehead atoms. The second kappa shape index (κ2) is 11.9. The van der Waals surface area contributed by atoms with Gasteiger partial charge in [0.1, 0.15) is 18.1 Å². The van der Waals surface area contributed by atoms with Gasteiger partial charge in [-0.3, -0.25) is 0 Å². The maximum atomic E-state index is 10.6. The molecule has 3 N–H and O–H groups in total. The quantitative estimate of drug-likeness (QED) is 0.335. The summed E-state index contributed by atoms with van der Waals surface area (Å²) in [7, 11) is 0. The zero-order valence-electron chi connectivity index (χ0n) is 19.0. The Bertz CT molecular complexity index is 985. The topological polar surface area (TPSA) is 83.7 Å². The molecule has 7 nitrogen and oxygen atoms in total. The van der Waals surface area contributed by atoms with E-state index in [0.717, 1.165) is 30.2 Å². The first kappa shape index (κ1) is 23.3. The number of hydrogen-bond acceptors (Lipinski definition) is 4. The van der Waals surface area contributed by atoms with Gasteiger partial charge in [0, 0.05) is 32.0 Å². The lowest BCUT2D eigenvalue weighted by molar-refractivity contribution is 0.179. The van der Waals surface area contributed by atoms with Crippen LogP contribution in [-0.4, -0.2) is 39.8 Å². The molecular formula is C25H33N5O2. The fourth-order valence-electron chi connectivity index (χ4n) is 3.29. The third-order valence-electron chi connectivity index (χ3n) is 4.80. The monoisotopic (exact) mass is 435 g/mol. The van der Waals surface area contributed by atoms with E-state index in [2.05, 4.69) is 37.3 Å². The van der Waals surface area contributed by atoms with Crippen LogP contribution in [0.1, 0.15) is 43.8 Å². The van der Waals surface area contributed by atoms with Crippen LogP contribution in [0, 0.1) is 0 Å². The second-order valence-electron chi connectivity index (χ2n) is 7.79. The highest BCUT2D eigenvalue weighted by atomic mass is 16.5. The number of aliphatic imine (C=N–C) groups is 1. The molecule has 1 atom stereocenters. The first-order valence-corrected chi connectivity index (χ1v) is 11.1. The number of hydrogen-bond donors (Lipinski definition) is 3. The summed E-state index contributed by atoms with van der Waals surface area (Å²) in [6.07, 6.45) is 3.16. The Kier molecular flexibility index (Phi) is 8.69. The zero-order chi connectivity index (χ0) is 22.8. The summed E-state index contributed by atoms with van der Waals surface area (Å²) in [4.78, 5) is 9.11. The van der Waals surface area contributed by atoms with Gasteiger partial charge in [0.15, 0.2) is 5.96 Å². The summed E-state index contributed by atoms with van der Waals surface area (Å²) in [5.74, 6) is 2.27. The van der Waals surface area contributed by atoms with Gasteiger partial charge in [-0.05, 0) is 44.0 Å². The highest BCUT2D eigenvalue weighted by molar-refractivity contribution is 5.79. The molecule has 0 fully saturated rings. The number of nitrogens with one attached hydrogen (secondary N) is 2. The smallest absolute Gasteiger partial charge is 0.191 e. The highest BCUT2D eigenvalue weighted by Crippen LogP contribution is 2.20. The van der Waals surface area contributed by atoms with Crippen LogP contribution in [-0.2, 0) is 13.1 Å². The Morgan fingerprint density at radius 1 is 1.12 bits per heavy atom. The molecule has 3 rings (SSSR count). The first-order valence-electron chi connectivity index (χ1n) is 11.1. The SMILES string of the molecule is CCNC(=NCc1nccn1Cc1ccccc1)NCC(O)c1cccc(OC(C)C)c1. The maximum Gasteiger partial charge on any atom is 0.191 e. The van der Waals surface area contributed by atoms with E-state index in [1.807, 2.05) is 69.4 Å². The summed E-state index contributed by atoms with van der Waals surface area (Å²) >= 11 is 0. The van der Waals surface area contributed by atoms with E-state index in [9.17, 15) is 5.11 Å². The van der Waals surface area contributed by atoms with Gasteiger partial charge in [0.2, 0.25) is 0 Å². The fraction of sp³-hybridized carbons (Fsp3) is 0.360. The van der Waals surface area contributed by atoms with Gasteiger partial charge in [-0.25, -0.2) is 9.98 Å². The molecular weight excluding hydrogens is 402 g/mol. The molecule has 2 aromatic carbocycles. The van der Waals surface area contributed by atoms with E-state index >= 15 is 0 Å². The van der Waals surface area contributed by atoms with E-state index in [4.69, 9.17) is 4.74 Å². The van der Waals surface area contributed by atoms with E-state index in [1.165, 1.54) is 5.56 Å². The van der Waals surface area contributed by atoms with Crippen LogP contribution in [0.4, 0.5) is 0 Å². The summed E-state index contributed by atoms with van der Waals surface area (Å²) < 4.78 is 7.82. The Morgan fingerprint density at radius 2 is 1.94 bits per heavy atom. The second-order valence-corrected chi connectivity index (χ2v) is 7.79. The minimum Gasteiger partial charge on any atom is -0.491 e. The third-order valence-corrected chi connectivity index (χ3v) is 4.80. The van der Waals surface area contributed by atoms with Gasteiger partial charge < -0.3 is 25.0 Å². The number of aliphatic hydroxyl groups excluding tert-OH is 1. The van der Waals surface area contributed by atoms with Crippen LogP contribution in [0.25, 0.3) is 0 Å². The molecule has 32 heavy (non-hydrogen) atoms. The molecule has 0 spiro atoms. The van der Waals surface area contributed by atoms with Crippen molar-refractivity contribution in [2.75, 3.05) is 13.1 Å². The van der Waals surface area contributed by atoms with Gasteiger partial charge in [-0.2, -0.15) is 0 Å². The van der Waals surface area contributed by atoms with Crippen LogP contribution < -0.4 is 15.4 Å². The van der Waals surface area contributed by atoms with Gasteiger partial charge in [0.25, 0.3) is 0 Å². The maximum absolute atomic E-state index is 10.6. The van der Waals surface area contributed by atoms with Crippen molar-refractivity contribution < 1.29 is 9.84 Å². The standard InChI is InChI=1S/C25H33N5O2/c1-4-26-25(28-16-23(31)21-11-8-12-22(15-21)32-19(2)3)29-17-24-27-13-14-30(24)18-20-9-6-5-7-10-20/h5-15,19,23,31H,4,16-18H2,1-3H3,(H2,26,28,29). The van der Waals surface area contributed by atoms with E-state index in [-0.39, 0.29) is 6.10 Å². The lowest BCUT2D eigenvalue weighted by Gasteiger charge is -2.17. The Morgan fingerprint density at radius 3 is 2.69 bits per heavy atom. The molecule has 1 unspecified atom stereocenters. The van der Waals surface area contributed by atoms with E-state index in [0.29, 0.717) is 19.0 Å². The molecule has 3 aromatic rings. The van der Waals surface area contributed by atoms with Gasteiger partial charge in [-0.1, -0.05) is 42.5 Å². The minimum absolute atomic E-state index is 0.0856. The molecule has 170 valence electrons. The van der Waals surface area contributed by atoms with E-state index in [1.54, 1.807) is 6.20 Å². The molecule has 0 aliphatic heterocycles. The number of nitrogens with zero attached hydrogens (tertiary/aromatic N) is 3. The molecule has 0 aliphatic carbocycles. The van der Waals surface area contributed by atoms with Gasteiger partial charge in [-0.15, -0.1) is 0 Å². The Labute approximate surface area is 190 Å². The average Bonchev–Trinajstić information content (AvgIpc) is 3.22. The lowest BCUT2D eigenvalue weighted by atomic mass is 10.1. The number of imidazole rings is 1. The number of rotatable bonds is 10. The number of ether oxygens (including phenoxy) is 1. The van der Waals surface area contributed by atoms with Crippen LogP contribution in [0.15, 0.2) is 72.0 Å². The first-order chi connectivity index (χ1) is 15.5. The molecule has 0 aliphatic rings. The van der Waals surface area contributed by atoms with Crippen molar-refractivity contribution in [1.29, 1.82) is 0 Å². The van der Waals surface area contributed by atoms with Crippen molar-refractivity contribution in [3.05, 3.63) is 83.9 Å². The summed E-state index contributed by atoms with van der Waals surface area (Å²) in [5.41, 5.74) is 2.01. The number of benzene rings is 2. The predicted molar refractivity (Wildman–Crippen MR) is 128 cm³/mol. The van der Waals surface area contributed by atoms with Crippen LogP contribution in [0.3, 0.4) is 0 Å². The molecule has 1 heterocycles. The normalized spacial score (nSPS) is 12.6. The van der Waals surface area contributed by atoms with Crippen molar-refractivity contribution >= 4 is 5.96 Å². The third kappa shape index (κ3) is 7.13. The molecule has 7 heteroatoms. The Balaban J connectivity index is 1.61. The van der Waals surface area contributed by atoms with Gasteiger partial charge >= 0.3 is 0 Å². The van der Waals surface area contributed by atoms with Crippen molar-refractivity contribution in [2.45, 2.75) is 46.1 Å². The summed E-state index contributed by atoms with van der Waals surface area (Å²) in [6.45, 7) is 8.21. The number of aromatic nitrogens is 2. The fourth-order valence-corrected chi connectivity index (χ4v) is 3.29. The van der Waals surface area contributed by atoms with Crippen LogP contribution in [0.5, 0.6) is 5.75 Å². The van der Waals surface area contributed by atoms with Crippen LogP contribution >= 0.6 is 0 Å². The predicted octanol–water partition coefficient (Wildman–Crippen LogP) is 3.51. The minimum atomic E-state index is -0.686. The van der Waals surface area contributed by atoms with Crippen molar-refractivity contribution in [3.8, 4) is 5.75 Å². The number of aliphatic hydroxyl groups is 1. The van der Waals surface area contributed by atoms with Gasteiger partial charge in [0.05, 0.1) is 12.2 Å². The summed E-state index contributed by atoms with van der Waals surface area (Å²) in [6, 6.07) is 17.8. The molecule has 1 aromatic heterocycles. The largest absolute Gasteiger partial charge is 0.491 e. The lowest BCUT2D eigenvalue weighted by Crippen LogP contribution is -2.39. The number of guanidine groups is 1. The molecule has 0 radical (unpaired) electrons. The van der Waals surface area contributed by atoms with E-state index < -0.39 is 6.10 Å². The molecule has 0 saturated carbocycles. The Hall–Kier alpha value is -3.32. The van der Waals surface area contributed by atoms with Crippen molar-refractivity contribution in [3.63, 3.8) is 0 Å². The van der Waals surface area contributed by atoms with Crippen molar-refractivity contribution in [2.24, 2.45) is 4.99 Å². The summed E-state index contributed by atoms with van der Waals surface area (Å²) in [5, 5.41) is 17.1. The van der Waals surface area contributed by atoms with Crippen molar-refractivity contribution in [1.82, 2.24) is 20.2 Å². The molecule has 0 saturated heterocycles. The molecule has 0 amide bonds. The average molecular weight is 436 g/mol. The van der Waals surface area contributed by atoms with Crippen LogP contribution in [0.2, 0.25) is 0 Å². The highest BCUT2D eigenvalue weighted by Gasteiger charge is 2.11. The zero-order valence-corrected chi connectivity index (χ0v) is 19.0.